The lowest BCUT2D eigenvalue weighted by atomic mass is 9.96. The van der Waals surface area contributed by atoms with Gasteiger partial charge in [-0.05, 0) is 22.9 Å². The summed E-state index contributed by atoms with van der Waals surface area (Å²) in [5.74, 6) is 4.30. The molecule has 1 fully saturated rings. The lowest BCUT2D eigenvalue weighted by molar-refractivity contribution is 0.540. The highest BCUT2D eigenvalue weighted by molar-refractivity contribution is 9.10. The molecule has 0 N–H and O–H groups in total. The number of rotatable bonds is 1. The zero-order valence-electron chi connectivity index (χ0n) is 11.4. The summed E-state index contributed by atoms with van der Waals surface area (Å²) in [5.41, 5.74) is -0.0215. The van der Waals surface area contributed by atoms with Crippen LogP contribution in [0.4, 0.5) is 5.82 Å². The second kappa shape index (κ2) is 5.37. The zero-order chi connectivity index (χ0) is 13.3. The summed E-state index contributed by atoms with van der Waals surface area (Å²) in [6, 6.07) is 2.57. The Balaban J connectivity index is 2.35. The molecule has 0 aromatic carbocycles. The highest BCUT2D eigenvalue weighted by Gasteiger charge is 2.24. The van der Waals surface area contributed by atoms with Crippen molar-refractivity contribution in [1.82, 2.24) is 9.97 Å². The lowest BCUT2D eigenvalue weighted by Crippen LogP contribution is -2.41. The van der Waals surface area contributed by atoms with Crippen LogP contribution < -0.4 is 4.90 Å². The molecule has 1 saturated heterocycles. The maximum atomic E-state index is 4.75. The van der Waals surface area contributed by atoms with E-state index in [-0.39, 0.29) is 5.41 Å². The Hall–Kier alpha value is -0.290. The SMILES string of the molecule is CC1CSCCN1c1cc(Br)nc(C(C)(C)C)n1. The molecule has 0 aliphatic carbocycles. The summed E-state index contributed by atoms with van der Waals surface area (Å²) in [6.45, 7) is 9.77. The van der Waals surface area contributed by atoms with Crippen molar-refractivity contribution < 1.29 is 0 Å². The Kier molecular flexibility index (Phi) is 4.22. The van der Waals surface area contributed by atoms with Gasteiger partial charge >= 0.3 is 0 Å². The first kappa shape index (κ1) is 14.1. The van der Waals surface area contributed by atoms with Gasteiger partial charge in [0.2, 0.25) is 0 Å². The van der Waals surface area contributed by atoms with Crippen LogP contribution in [0.5, 0.6) is 0 Å². The van der Waals surface area contributed by atoms with E-state index in [1.54, 1.807) is 0 Å². The van der Waals surface area contributed by atoms with Gasteiger partial charge in [0.05, 0.1) is 0 Å². The Labute approximate surface area is 122 Å². The minimum absolute atomic E-state index is 0.0215. The van der Waals surface area contributed by atoms with E-state index < -0.39 is 0 Å². The molecule has 2 rings (SSSR count). The van der Waals surface area contributed by atoms with Crippen LogP contribution in [0.15, 0.2) is 10.7 Å². The van der Waals surface area contributed by atoms with Crippen molar-refractivity contribution in [3.8, 4) is 0 Å². The second-order valence-electron chi connectivity index (χ2n) is 5.74. The summed E-state index contributed by atoms with van der Waals surface area (Å²) in [6.07, 6.45) is 0. The fourth-order valence-corrected chi connectivity index (χ4v) is 3.34. The molecule has 0 radical (unpaired) electrons. The van der Waals surface area contributed by atoms with Gasteiger partial charge in [-0.2, -0.15) is 11.8 Å². The van der Waals surface area contributed by atoms with Gasteiger partial charge in [-0.1, -0.05) is 20.8 Å². The molecule has 18 heavy (non-hydrogen) atoms. The normalized spacial score (nSPS) is 21.2. The fraction of sp³-hybridized carbons (Fsp3) is 0.692. The average molecular weight is 330 g/mol. The zero-order valence-corrected chi connectivity index (χ0v) is 13.8. The number of halogens is 1. The molecule has 0 amide bonds. The van der Waals surface area contributed by atoms with Gasteiger partial charge < -0.3 is 4.90 Å². The Bertz CT molecular complexity index is 431. The van der Waals surface area contributed by atoms with Crippen LogP contribution in [0, 0.1) is 0 Å². The fourth-order valence-electron chi connectivity index (χ4n) is 1.96. The van der Waals surface area contributed by atoms with E-state index in [4.69, 9.17) is 4.98 Å². The second-order valence-corrected chi connectivity index (χ2v) is 7.70. The maximum Gasteiger partial charge on any atom is 0.137 e. The van der Waals surface area contributed by atoms with Crippen LogP contribution in [0.1, 0.15) is 33.5 Å². The molecule has 1 aliphatic heterocycles. The van der Waals surface area contributed by atoms with Crippen molar-refractivity contribution in [2.75, 3.05) is 23.0 Å². The van der Waals surface area contributed by atoms with Gasteiger partial charge in [0.1, 0.15) is 16.2 Å². The van der Waals surface area contributed by atoms with Gasteiger partial charge in [0, 0.05) is 35.6 Å². The van der Waals surface area contributed by atoms with E-state index in [0.717, 1.165) is 22.8 Å². The van der Waals surface area contributed by atoms with Crippen LogP contribution in [-0.4, -0.2) is 34.1 Å². The van der Waals surface area contributed by atoms with Crippen LogP contribution in [0.25, 0.3) is 0 Å². The predicted octanol–water partition coefficient (Wildman–Crippen LogP) is 3.48. The molecular weight excluding hydrogens is 310 g/mol. The highest BCUT2D eigenvalue weighted by atomic mass is 79.9. The predicted molar refractivity (Wildman–Crippen MR) is 82.6 cm³/mol. The van der Waals surface area contributed by atoms with Gasteiger partial charge in [0.15, 0.2) is 0 Å². The molecule has 2 heterocycles. The Morgan fingerprint density at radius 2 is 2.11 bits per heavy atom. The van der Waals surface area contributed by atoms with Crippen molar-refractivity contribution in [3.05, 3.63) is 16.5 Å². The molecule has 1 atom stereocenters. The molecule has 1 aliphatic rings. The molecule has 0 saturated carbocycles. The van der Waals surface area contributed by atoms with Gasteiger partial charge in [0.25, 0.3) is 0 Å². The van der Waals surface area contributed by atoms with Crippen molar-refractivity contribution in [2.24, 2.45) is 0 Å². The molecule has 1 unspecified atom stereocenters. The maximum absolute atomic E-state index is 4.75. The number of hydrogen-bond acceptors (Lipinski definition) is 4. The third-order valence-electron chi connectivity index (χ3n) is 3.01. The molecular formula is C13H20BrN3S. The van der Waals surface area contributed by atoms with E-state index in [1.807, 2.05) is 17.8 Å². The van der Waals surface area contributed by atoms with E-state index in [2.05, 4.69) is 53.5 Å². The van der Waals surface area contributed by atoms with Crippen molar-refractivity contribution in [2.45, 2.75) is 39.2 Å². The van der Waals surface area contributed by atoms with Crippen LogP contribution >= 0.6 is 27.7 Å². The van der Waals surface area contributed by atoms with E-state index >= 15 is 0 Å². The topological polar surface area (TPSA) is 29.0 Å². The third kappa shape index (κ3) is 3.18. The van der Waals surface area contributed by atoms with Crippen LogP contribution in [-0.2, 0) is 5.41 Å². The monoisotopic (exact) mass is 329 g/mol. The number of hydrogen-bond donors (Lipinski definition) is 0. The largest absolute Gasteiger partial charge is 0.352 e. The van der Waals surface area contributed by atoms with Crippen molar-refractivity contribution in [1.29, 1.82) is 0 Å². The summed E-state index contributed by atoms with van der Waals surface area (Å²) in [4.78, 5) is 11.6. The van der Waals surface area contributed by atoms with Gasteiger partial charge in [-0.15, -0.1) is 0 Å². The molecule has 0 spiro atoms. The number of thioether (sulfide) groups is 1. The van der Waals surface area contributed by atoms with Crippen LogP contribution in [0.2, 0.25) is 0 Å². The lowest BCUT2D eigenvalue weighted by Gasteiger charge is -2.34. The molecule has 1 aromatic heterocycles. The highest BCUT2D eigenvalue weighted by Crippen LogP contribution is 2.27. The molecule has 5 heteroatoms. The quantitative estimate of drug-likeness (QED) is 0.737. The van der Waals surface area contributed by atoms with E-state index in [9.17, 15) is 0 Å². The number of nitrogens with zero attached hydrogens (tertiary/aromatic N) is 3. The first-order valence-corrected chi connectivity index (χ1v) is 8.22. The minimum Gasteiger partial charge on any atom is -0.352 e. The first-order valence-electron chi connectivity index (χ1n) is 6.27. The first-order chi connectivity index (χ1) is 8.38. The van der Waals surface area contributed by atoms with Crippen LogP contribution in [0.3, 0.4) is 0 Å². The number of anilines is 1. The average Bonchev–Trinajstić information content (AvgIpc) is 2.27. The van der Waals surface area contributed by atoms with Gasteiger partial charge in [-0.3, -0.25) is 0 Å². The van der Waals surface area contributed by atoms with Crippen molar-refractivity contribution in [3.63, 3.8) is 0 Å². The van der Waals surface area contributed by atoms with E-state index in [0.29, 0.717) is 6.04 Å². The Morgan fingerprint density at radius 1 is 1.39 bits per heavy atom. The summed E-state index contributed by atoms with van der Waals surface area (Å²) in [7, 11) is 0. The van der Waals surface area contributed by atoms with Crippen molar-refractivity contribution >= 4 is 33.5 Å². The summed E-state index contributed by atoms with van der Waals surface area (Å²) >= 11 is 5.53. The molecule has 1 aromatic rings. The minimum atomic E-state index is -0.0215. The smallest absolute Gasteiger partial charge is 0.137 e. The Morgan fingerprint density at radius 3 is 2.72 bits per heavy atom. The summed E-state index contributed by atoms with van der Waals surface area (Å²) < 4.78 is 0.878. The van der Waals surface area contributed by atoms with Gasteiger partial charge in [-0.25, -0.2) is 9.97 Å². The number of aromatic nitrogens is 2. The molecule has 3 nitrogen and oxygen atoms in total. The standard InChI is InChI=1S/C13H20BrN3S/c1-9-8-18-6-5-17(9)11-7-10(14)15-12(16-11)13(2,3)4/h7,9H,5-6,8H2,1-4H3. The summed E-state index contributed by atoms with van der Waals surface area (Å²) in [5, 5.41) is 0. The molecule has 0 bridgehead atoms. The van der Waals surface area contributed by atoms with E-state index in [1.165, 1.54) is 11.5 Å². The molecule has 100 valence electrons. The third-order valence-corrected chi connectivity index (χ3v) is 4.61.